The predicted octanol–water partition coefficient (Wildman–Crippen LogP) is 3.00. The second kappa shape index (κ2) is 4.54. The van der Waals surface area contributed by atoms with Crippen LogP contribution in [-0.4, -0.2) is 11.0 Å². The summed E-state index contributed by atoms with van der Waals surface area (Å²) in [5.74, 6) is 0.777. The van der Waals surface area contributed by atoms with Crippen molar-refractivity contribution in [3.63, 3.8) is 0 Å². The Morgan fingerprint density at radius 3 is 2.75 bits per heavy atom. The standard InChI is InChI=1S/C14H22N2/c1-11-8-14(2,3)9-13(11)16-10-12-6-4-5-7-15-12/h4-7,11,13,16H,8-10H2,1-3H3. The van der Waals surface area contributed by atoms with Crippen LogP contribution in [0.1, 0.15) is 39.3 Å². The van der Waals surface area contributed by atoms with Gasteiger partial charge in [-0.2, -0.15) is 0 Å². The summed E-state index contributed by atoms with van der Waals surface area (Å²) in [6, 6.07) is 6.74. The van der Waals surface area contributed by atoms with Crippen molar-refractivity contribution < 1.29 is 0 Å². The van der Waals surface area contributed by atoms with Gasteiger partial charge in [0.25, 0.3) is 0 Å². The van der Waals surface area contributed by atoms with E-state index in [1.165, 1.54) is 12.8 Å². The molecule has 0 spiro atoms. The molecule has 0 aromatic carbocycles. The maximum absolute atomic E-state index is 4.34. The van der Waals surface area contributed by atoms with E-state index in [1.807, 2.05) is 18.3 Å². The predicted molar refractivity (Wildman–Crippen MR) is 67.0 cm³/mol. The van der Waals surface area contributed by atoms with Gasteiger partial charge in [-0.3, -0.25) is 4.98 Å². The lowest BCUT2D eigenvalue weighted by atomic mass is 9.91. The van der Waals surface area contributed by atoms with Gasteiger partial charge in [0, 0.05) is 18.8 Å². The third-order valence-corrected chi connectivity index (χ3v) is 3.61. The number of pyridine rings is 1. The van der Waals surface area contributed by atoms with Crippen molar-refractivity contribution in [2.75, 3.05) is 0 Å². The van der Waals surface area contributed by atoms with E-state index in [9.17, 15) is 0 Å². The van der Waals surface area contributed by atoms with Crippen molar-refractivity contribution in [1.82, 2.24) is 10.3 Å². The highest BCUT2D eigenvalue weighted by molar-refractivity contribution is 5.03. The van der Waals surface area contributed by atoms with Gasteiger partial charge in [-0.25, -0.2) is 0 Å². The molecule has 0 aliphatic heterocycles. The van der Waals surface area contributed by atoms with E-state index in [2.05, 4.69) is 37.1 Å². The Morgan fingerprint density at radius 2 is 2.19 bits per heavy atom. The van der Waals surface area contributed by atoms with Crippen LogP contribution in [0.4, 0.5) is 0 Å². The highest BCUT2D eigenvalue weighted by Crippen LogP contribution is 2.40. The molecule has 1 aromatic rings. The average molecular weight is 218 g/mol. The van der Waals surface area contributed by atoms with Gasteiger partial charge in [0.1, 0.15) is 0 Å². The Balaban J connectivity index is 1.87. The van der Waals surface area contributed by atoms with Crippen LogP contribution in [-0.2, 0) is 6.54 Å². The first-order valence-electron chi connectivity index (χ1n) is 6.20. The van der Waals surface area contributed by atoms with Gasteiger partial charge >= 0.3 is 0 Å². The molecule has 2 atom stereocenters. The highest BCUT2D eigenvalue weighted by Gasteiger charge is 2.36. The fourth-order valence-electron chi connectivity index (χ4n) is 2.91. The quantitative estimate of drug-likeness (QED) is 0.843. The molecule has 1 aliphatic rings. The summed E-state index contributed by atoms with van der Waals surface area (Å²) in [6.45, 7) is 7.98. The summed E-state index contributed by atoms with van der Waals surface area (Å²) in [7, 11) is 0. The van der Waals surface area contributed by atoms with Crippen LogP contribution in [0, 0.1) is 11.3 Å². The molecular weight excluding hydrogens is 196 g/mol. The van der Waals surface area contributed by atoms with E-state index < -0.39 is 0 Å². The van der Waals surface area contributed by atoms with Crippen LogP contribution in [0.25, 0.3) is 0 Å². The maximum atomic E-state index is 4.34. The summed E-state index contributed by atoms with van der Waals surface area (Å²) in [6.07, 6.45) is 4.47. The molecule has 1 heterocycles. The fourth-order valence-corrected chi connectivity index (χ4v) is 2.91. The molecule has 1 aromatic heterocycles. The summed E-state index contributed by atoms with van der Waals surface area (Å²) >= 11 is 0. The molecule has 0 bridgehead atoms. The van der Waals surface area contributed by atoms with E-state index in [4.69, 9.17) is 0 Å². The number of nitrogens with one attached hydrogen (secondary N) is 1. The van der Waals surface area contributed by atoms with Crippen LogP contribution in [0.2, 0.25) is 0 Å². The zero-order valence-electron chi connectivity index (χ0n) is 10.5. The van der Waals surface area contributed by atoms with E-state index in [1.54, 1.807) is 0 Å². The third kappa shape index (κ3) is 2.82. The van der Waals surface area contributed by atoms with E-state index in [0.29, 0.717) is 11.5 Å². The first-order chi connectivity index (χ1) is 7.57. The molecular formula is C14H22N2. The molecule has 1 saturated carbocycles. The molecule has 1 fully saturated rings. The van der Waals surface area contributed by atoms with Crippen LogP contribution < -0.4 is 5.32 Å². The minimum absolute atomic E-state index is 0.501. The first-order valence-corrected chi connectivity index (χ1v) is 6.20. The van der Waals surface area contributed by atoms with Crippen LogP contribution in [0.3, 0.4) is 0 Å². The zero-order chi connectivity index (χ0) is 11.6. The fraction of sp³-hybridized carbons (Fsp3) is 0.643. The van der Waals surface area contributed by atoms with Gasteiger partial charge in [-0.15, -0.1) is 0 Å². The minimum atomic E-state index is 0.501. The summed E-state index contributed by atoms with van der Waals surface area (Å²) < 4.78 is 0. The molecule has 0 radical (unpaired) electrons. The Hall–Kier alpha value is -0.890. The van der Waals surface area contributed by atoms with Crippen LogP contribution in [0.15, 0.2) is 24.4 Å². The molecule has 2 heteroatoms. The van der Waals surface area contributed by atoms with E-state index >= 15 is 0 Å². The van der Waals surface area contributed by atoms with Crippen molar-refractivity contribution in [1.29, 1.82) is 0 Å². The van der Waals surface area contributed by atoms with Crippen molar-refractivity contribution in [3.8, 4) is 0 Å². The van der Waals surface area contributed by atoms with Gasteiger partial charge in [-0.05, 0) is 36.3 Å². The lowest BCUT2D eigenvalue weighted by molar-refractivity contribution is 0.362. The second-order valence-corrected chi connectivity index (χ2v) is 5.86. The lowest BCUT2D eigenvalue weighted by Crippen LogP contribution is -2.31. The Bertz CT molecular complexity index is 332. The van der Waals surface area contributed by atoms with Crippen molar-refractivity contribution >= 4 is 0 Å². The molecule has 2 rings (SSSR count). The molecule has 88 valence electrons. The van der Waals surface area contributed by atoms with Gasteiger partial charge in [-0.1, -0.05) is 26.8 Å². The number of hydrogen-bond acceptors (Lipinski definition) is 2. The highest BCUT2D eigenvalue weighted by atomic mass is 14.9. The van der Waals surface area contributed by atoms with Crippen molar-refractivity contribution in [3.05, 3.63) is 30.1 Å². The van der Waals surface area contributed by atoms with Crippen molar-refractivity contribution in [2.24, 2.45) is 11.3 Å². The number of aromatic nitrogens is 1. The summed E-state index contributed by atoms with van der Waals surface area (Å²) in [5, 5.41) is 3.64. The van der Waals surface area contributed by atoms with Crippen molar-refractivity contribution in [2.45, 2.75) is 46.2 Å². The van der Waals surface area contributed by atoms with Crippen LogP contribution >= 0.6 is 0 Å². The van der Waals surface area contributed by atoms with Gasteiger partial charge in [0.2, 0.25) is 0 Å². The molecule has 2 unspecified atom stereocenters. The molecule has 1 aliphatic carbocycles. The SMILES string of the molecule is CC1CC(C)(C)CC1NCc1ccccn1. The Labute approximate surface area is 98.5 Å². The monoisotopic (exact) mass is 218 g/mol. The Kier molecular flexibility index (Phi) is 3.29. The minimum Gasteiger partial charge on any atom is -0.308 e. The molecule has 1 N–H and O–H groups in total. The zero-order valence-corrected chi connectivity index (χ0v) is 10.5. The summed E-state index contributed by atoms with van der Waals surface area (Å²) in [5.41, 5.74) is 1.64. The van der Waals surface area contributed by atoms with Gasteiger partial charge in [0.05, 0.1) is 5.69 Å². The van der Waals surface area contributed by atoms with E-state index in [0.717, 1.165) is 18.2 Å². The lowest BCUT2D eigenvalue weighted by Gasteiger charge is -2.18. The number of nitrogens with zero attached hydrogens (tertiary/aromatic N) is 1. The summed E-state index contributed by atoms with van der Waals surface area (Å²) in [4.78, 5) is 4.34. The van der Waals surface area contributed by atoms with Crippen LogP contribution in [0.5, 0.6) is 0 Å². The third-order valence-electron chi connectivity index (χ3n) is 3.61. The van der Waals surface area contributed by atoms with Gasteiger partial charge in [0.15, 0.2) is 0 Å². The second-order valence-electron chi connectivity index (χ2n) is 5.86. The maximum Gasteiger partial charge on any atom is 0.0541 e. The first kappa shape index (κ1) is 11.6. The largest absolute Gasteiger partial charge is 0.308 e. The Morgan fingerprint density at radius 1 is 1.38 bits per heavy atom. The molecule has 16 heavy (non-hydrogen) atoms. The molecule has 0 amide bonds. The topological polar surface area (TPSA) is 24.9 Å². The van der Waals surface area contributed by atoms with Gasteiger partial charge < -0.3 is 5.32 Å². The normalized spacial score (nSPS) is 28.2. The number of rotatable bonds is 3. The molecule has 0 saturated heterocycles. The smallest absolute Gasteiger partial charge is 0.0541 e. The van der Waals surface area contributed by atoms with E-state index in [-0.39, 0.29) is 0 Å². The number of hydrogen-bond donors (Lipinski definition) is 1. The average Bonchev–Trinajstić information content (AvgIpc) is 2.50. The molecule has 2 nitrogen and oxygen atoms in total.